The highest BCUT2D eigenvalue weighted by atomic mass is 35.5. The van der Waals surface area contributed by atoms with Crippen LogP contribution in [0, 0.1) is 11.3 Å². The molecule has 1 amide bonds. The molecule has 0 spiro atoms. The fourth-order valence-corrected chi connectivity index (χ4v) is 1.77. The topological polar surface area (TPSA) is 56.1 Å². The first kappa shape index (κ1) is 14.5. The molecular formula is C13H16ClN3O. The molecule has 0 saturated heterocycles. The van der Waals surface area contributed by atoms with Gasteiger partial charge in [-0.05, 0) is 24.7 Å². The molecule has 0 saturated carbocycles. The second-order valence-corrected chi connectivity index (χ2v) is 4.49. The lowest BCUT2D eigenvalue weighted by Gasteiger charge is -2.17. The second-order valence-electron chi connectivity index (χ2n) is 4.08. The van der Waals surface area contributed by atoms with Crippen LogP contribution in [0.2, 0.25) is 5.02 Å². The van der Waals surface area contributed by atoms with Crippen molar-refractivity contribution in [2.24, 2.45) is 0 Å². The molecule has 5 heteroatoms. The zero-order valence-electron chi connectivity index (χ0n) is 10.5. The largest absolute Gasteiger partial charge is 0.359 e. The summed E-state index contributed by atoms with van der Waals surface area (Å²) in [6.45, 7) is 1.32. The number of amides is 1. The average molecular weight is 266 g/mol. The number of hydrogen-bond acceptors (Lipinski definition) is 3. The Bertz CT molecular complexity index is 468. The minimum absolute atomic E-state index is 0.0211. The van der Waals surface area contributed by atoms with Gasteiger partial charge < -0.3 is 10.2 Å². The van der Waals surface area contributed by atoms with E-state index in [0.717, 1.165) is 5.56 Å². The predicted octanol–water partition coefficient (Wildman–Crippen LogP) is 1.78. The monoisotopic (exact) mass is 265 g/mol. The molecule has 4 nitrogen and oxygen atoms in total. The number of halogens is 1. The smallest absolute Gasteiger partial charge is 0.221 e. The summed E-state index contributed by atoms with van der Waals surface area (Å²) < 4.78 is 0. The minimum Gasteiger partial charge on any atom is -0.359 e. The molecule has 0 atom stereocenters. The van der Waals surface area contributed by atoms with E-state index in [1.54, 1.807) is 19.2 Å². The molecule has 0 bridgehead atoms. The molecule has 0 radical (unpaired) electrons. The van der Waals surface area contributed by atoms with Gasteiger partial charge in [-0.25, -0.2) is 0 Å². The Balaban J connectivity index is 2.57. The van der Waals surface area contributed by atoms with Crippen molar-refractivity contribution in [1.82, 2.24) is 10.2 Å². The van der Waals surface area contributed by atoms with Crippen LogP contribution >= 0.6 is 11.6 Å². The molecule has 0 aliphatic carbocycles. The van der Waals surface area contributed by atoms with E-state index in [1.165, 1.54) is 0 Å². The Labute approximate surface area is 112 Å². The Morgan fingerprint density at radius 2 is 2.28 bits per heavy atom. The van der Waals surface area contributed by atoms with Crippen LogP contribution in [-0.2, 0) is 11.3 Å². The van der Waals surface area contributed by atoms with Gasteiger partial charge in [0.05, 0.1) is 11.6 Å². The molecule has 1 aromatic rings. The lowest BCUT2D eigenvalue weighted by Crippen LogP contribution is -2.26. The number of nitrogens with one attached hydrogen (secondary N) is 1. The summed E-state index contributed by atoms with van der Waals surface area (Å²) in [5, 5.41) is 11.9. The van der Waals surface area contributed by atoms with Crippen LogP contribution in [0.25, 0.3) is 0 Å². The standard InChI is InChI=1S/C13H16ClN3O/c1-16-13(18)5-6-17(2)9-11-4-3-10(8-15)7-12(11)14/h3-4,7H,5-6,9H2,1-2H3,(H,16,18). The van der Waals surface area contributed by atoms with Crippen molar-refractivity contribution in [1.29, 1.82) is 5.26 Å². The average Bonchev–Trinajstić information content (AvgIpc) is 2.38. The van der Waals surface area contributed by atoms with Crippen molar-refractivity contribution in [3.05, 3.63) is 34.3 Å². The Morgan fingerprint density at radius 1 is 1.56 bits per heavy atom. The third kappa shape index (κ3) is 4.36. The molecule has 0 heterocycles. The highest BCUT2D eigenvalue weighted by Crippen LogP contribution is 2.19. The number of benzene rings is 1. The first-order valence-electron chi connectivity index (χ1n) is 5.64. The summed E-state index contributed by atoms with van der Waals surface area (Å²) in [5.41, 5.74) is 1.51. The summed E-state index contributed by atoms with van der Waals surface area (Å²) in [6, 6.07) is 7.29. The number of carbonyl (C=O) groups is 1. The van der Waals surface area contributed by atoms with Crippen LogP contribution in [0.15, 0.2) is 18.2 Å². The number of hydrogen-bond donors (Lipinski definition) is 1. The fourth-order valence-electron chi connectivity index (χ4n) is 1.53. The zero-order chi connectivity index (χ0) is 13.5. The van der Waals surface area contributed by atoms with Gasteiger partial charge in [0, 0.05) is 31.6 Å². The van der Waals surface area contributed by atoms with Gasteiger partial charge in [-0.15, -0.1) is 0 Å². The van der Waals surface area contributed by atoms with Crippen LogP contribution in [0.4, 0.5) is 0 Å². The maximum atomic E-state index is 11.1. The van der Waals surface area contributed by atoms with E-state index in [2.05, 4.69) is 5.32 Å². The third-order valence-electron chi connectivity index (χ3n) is 2.62. The number of rotatable bonds is 5. The van der Waals surface area contributed by atoms with Gasteiger partial charge in [-0.2, -0.15) is 5.26 Å². The lowest BCUT2D eigenvalue weighted by atomic mass is 10.1. The summed E-state index contributed by atoms with van der Waals surface area (Å²) in [4.78, 5) is 13.1. The van der Waals surface area contributed by atoms with Crippen LogP contribution in [0.1, 0.15) is 17.5 Å². The van der Waals surface area contributed by atoms with E-state index in [1.807, 2.05) is 24.1 Å². The molecule has 0 aliphatic rings. The quantitative estimate of drug-likeness (QED) is 0.883. The summed E-state index contributed by atoms with van der Waals surface area (Å²) >= 11 is 6.09. The molecule has 18 heavy (non-hydrogen) atoms. The Morgan fingerprint density at radius 3 is 2.83 bits per heavy atom. The van der Waals surface area contributed by atoms with Crippen LogP contribution in [0.5, 0.6) is 0 Å². The number of carbonyl (C=O) groups excluding carboxylic acids is 1. The Hall–Kier alpha value is -1.57. The van der Waals surface area contributed by atoms with Crippen LogP contribution in [0.3, 0.4) is 0 Å². The molecule has 0 aliphatic heterocycles. The molecule has 0 fully saturated rings. The lowest BCUT2D eigenvalue weighted by molar-refractivity contribution is -0.120. The van der Waals surface area contributed by atoms with Crippen molar-refractivity contribution in [3.63, 3.8) is 0 Å². The highest BCUT2D eigenvalue weighted by Gasteiger charge is 2.07. The molecule has 0 unspecified atom stereocenters. The zero-order valence-corrected chi connectivity index (χ0v) is 11.3. The van der Waals surface area contributed by atoms with E-state index in [4.69, 9.17) is 16.9 Å². The van der Waals surface area contributed by atoms with E-state index in [0.29, 0.717) is 30.1 Å². The van der Waals surface area contributed by atoms with Crippen molar-refractivity contribution >= 4 is 17.5 Å². The highest BCUT2D eigenvalue weighted by molar-refractivity contribution is 6.31. The second kappa shape index (κ2) is 7.00. The first-order chi connectivity index (χ1) is 8.56. The van der Waals surface area contributed by atoms with Gasteiger partial charge in [-0.3, -0.25) is 4.79 Å². The van der Waals surface area contributed by atoms with Gasteiger partial charge in [0.25, 0.3) is 0 Å². The molecule has 96 valence electrons. The third-order valence-corrected chi connectivity index (χ3v) is 2.97. The van der Waals surface area contributed by atoms with E-state index in [9.17, 15) is 4.79 Å². The maximum Gasteiger partial charge on any atom is 0.221 e. The molecule has 1 aromatic carbocycles. The van der Waals surface area contributed by atoms with Gasteiger partial charge in [0.2, 0.25) is 5.91 Å². The molecular weight excluding hydrogens is 250 g/mol. The first-order valence-corrected chi connectivity index (χ1v) is 6.02. The SMILES string of the molecule is CNC(=O)CCN(C)Cc1ccc(C#N)cc1Cl. The summed E-state index contributed by atoms with van der Waals surface area (Å²) in [7, 11) is 3.55. The minimum atomic E-state index is 0.0211. The van der Waals surface area contributed by atoms with Gasteiger partial charge in [0.15, 0.2) is 0 Å². The van der Waals surface area contributed by atoms with Crippen LogP contribution in [-0.4, -0.2) is 31.4 Å². The summed E-state index contributed by atoms with van der Waals surface area (Å²) in [5.74, 6) is 0.0211. The van der Waals surface area contributed by atoms with E-state index < -0.39 is 0 Å². The van der Waals surface area contributed by atoms with E-state index in [-0.39, 0.29) is 5.91 Å². The molecule has 1 N–H and O–H groups in total. The van der Waals surface area contributed by atoms with E-state index >= 15 is 0 Å². The fraction of sp³-hybridized carbons (Fsp3) is 0.385. The van der Waals surface area contributed by atoms with Crippen molar-refractivity contribution in [2.45, 2.75) is 13.0 Å². The van der Waals surface area contributed by atoms with Crippen molar-refractivity contribution in [3.8, 4) is 6.07 Å². The van der Waals surface area contributed by atoms with Gasteiger partial charge in [-0.1, -0.05) is 17.7 Å². The van der Waals surface area contributed by atoms with Crippen LogP contribution < -0.4 is 5.32 Å². The number of nitrogens with zero attached hydrogens (tertiary/aromatic N) is 2. The predicted molar refractivity (Wildman–Crippen MR) is 71.2 cm³/mol. The van der Waals surface area contributed by atoms with Gasteiger partial charge in [0.1, 0.15) is 0 Å². The normalized spacial score (nSPS) is 10.2. The molecule has 1 rings (SSSR count). The maximum absolute atomic E-state index is 11.1. The number of nitriles is 1. The Kier molecular flexibility index (Phi) is 5.63. The van der Waals surface area contributed by atoms with Crippen molar-refractivity contribution < 1.29 is 4.79 Å². The van der Waals surface area contributed by atoms with Gasteiger partial charge >= 0.3 is 0 Å². The summed E-state index contributed by atoms with van der Waals surface area (Å²) in [6.07, 6.45) is 0.459. The van der Waals surface area contributed by atoms with Crippen molar-refractivity contribution in [2.75, 3.05) is 20.6 Å². The molecule has 0 aromatic heterocycles.